The van der Waals surface area contributed by atoms with E-state index in [1.165, 1.54) is 24.6 Å². The molecule has 0 aliphatic carbocycles. The highest BCUT2D eigenvalue weighted by molar-refractivity contribution is 7.26. The number of nitrogens with zero attached hydrogens (tertiary/aromatic N) is 1. The molecule has 0 atom stereocenters. The van der Waals surface area contributed by atoms with Crippen LogP contribution in [0.4, 0.5) is 5.82 Å². The molecule has 0 aliphatic heterocycles. The predicted octanol–water partition coefficient (Wildman–Crippen LogP) is 1.92. The van der Waals surface area contributed by atoms with Crippen molar-refractivity contribution in [1.82, 2.24) is 4.98 Å². The number of aromatic nitrogens is 1. The van der Waals surface area contributed by atoms with E-state index in [0.29, 0.717) is 27.0 Å². The second kappa shape index (κ2) is 4.71. The van der Waals surface area contributed by atoms with Crippen molar-refractivity contribution in [2.24, 2.45) is 5.73 Å². The second-order valence-corrected chi connectivity index (χ2v) is 5.48. The van der Waals surface area contributed by atoms with Gasteiger partial charge in [-0.2, -0.15) is 0 Å². The molecule has 0 fully saturated rings. The minimum Gasteiger partial charge on any atom is -0.465 e. The van der Waals surface area contributed by atoms with Crippen molar-refractivity contribution in [2.45, 2.75) is 0 Å². The number of anilines is 1. The summed E-state index contributed by atoms with van der Waals surface area (Å²) in [5.41, 5.74) is 12.0. The fraction of sp³-hybridized carbons (Fsp3) is 0.0714. The summed E-state index contributed by atoms with van der Waals surface area (Å²) in [6, 6.07) is 5.12. The molecule has 7 heteroatoms. The third kappa shape index (κ3) is 1.98. The number of hydrogen-bond acceptors (Lipinski definition) is 6. The SMILES string of the molecule is COC(=O)c1ccc2c(c1)sc1c(C(N)=O)cnc(N)c12. The predicted molar refractivity (Wildman–Crippen MR) is 81.4 cm³/mol. The lowest BCUT2D eigenvalue weighted by molar-refractivity contribution is 0.0601. The Morgan fingerprint density at radius 1 is 1.33 bits per heavy atom. The van der Waals surface area contributed by atoms with Crippen LogP contribution in [0.5, 0.6) is 0 Å². The molecule has 0 unspecified atom stereocenters. The van der Waals surface area contributed by atoms with Crippen LogP contribution in [0.15, 0.2) is 24.4 Å². The Balaban J connectivity index is 2.39. The minimum absolute atomic E-state index is 0.319. The van der Waals surface area contributed by atoms with E-state index in [1.54, 1.807) is 18.2 Å². The number of nitrogens with two attached hydrogens (primary N) is 2. The van der Waals surface area contributed by atoms with Crippen molar-refractivity contribution >= 4 is 49.2 Å². The van der Waals surface area contributed by atoms with Crippen LogP contribution in [0.1, 0.15) is 20.7 Å². The number of esters is 1. The fourth-order valence-corrected chi connectivity index (χ4v) is 3.48. The van der Waals surface area contributed by atoms with Crippen LogP contribution in [-0.4, -0.2) is 24.0 Å². The number of benzene rings is 1. The number of nitrogen functional groups attached to an aromatic ring is 1. The van der Waals surface area contributed by atoms with E-state index < -0.39 is 11.9 Å². The average molecular weight is 301 g/mol. The second-order valence-electron chi connectivity index (χ2n) is 4.43. The van der Waals surface area contributed by atoms with Crippen molar-refractivity contribution < 1.29 is 14.3 Å². The van der Waals surface area contributed by atoms with Gasteiger partial charge in [0.1, 0.15) is 5.82 Å². The topological polar surface area (TPSA) is 108 Å². The molecular formula is C14H11N3O3S. The molecule has 1 amide bonds. The fourth-order valence-electron chi connectivity index (χ4n) is 2.22. The van der Waals surface area contributed by atoms with E-state index in [0.717, 1.165) is 10.1 Å². The number of rotatable bonds is 2. The molecule has 21 heavy (non-hydrogen) atoms. The highest BCUT2D eigenvalue weighted by Crippen LogP contribution is 2.38. The average Bonchev–Trinajstić information content (AvgIpc) is 2.85. The molecule has 4 N–H and O–H groups in total. The van der Waals surface area contributed by atoms with Crippen LogP contribution >= 0.6 is 11.3 Å². The molecule has 0 spiro atoms. The van der Waals surface area contributed by atoms with Gasteiger partial charge >= 0.3 is 5.97 Å². The van der Waals surface area contributed by atoms with Gasteiger partial charge < -0.3 is 16.2 Å². The summed E-state index contributed by atoms with van der Waals surface area (Å²) in [6.45, 7) is 0. The van der Waals surface area contributed by atoms with Gasteiger partial charge in [-0.1, -0.05) is 6.07 Å². The number of carbonyl (C=O) groups excluding carboxylic acids is 2. The lowest BCUT2D eigenvalue weighted by atomic mass is 10.1. The van der Waals surface area contributed by atoms with Gasteiger partial charge in [-0.15, -0.1) is 11.3 Å². The van der Waals surface area contributed by atoms with Gasteiger partial charge in [0.25, 0.3) is 5.91 Å². The molecule has 3 rings (SSSR count). The highest BCUT2D eigenvalue weighted by atomic mass is 32.1. The van der Waals surface area contributed by atoms with E-state index in [-0.39, 0.29) is 0 Å². The van der Waals surface area contributed by atoms with Gasteiger partial charge in [-0.05, 0) is 12.1 Å². The van der Waals surface area contributed by atoms with Crippen LogP contribution in [-0.2, 0) is 4.74 Å². The molecule has 106 valence electrons. The van der Waals surface area contributed by atoms with E-state index in [4.69, 9.17) is 16.2 Å². The van der Waals surface area contributed by atoms with Crippen molar-refractivity contribution in [3.05, 3.63) is 35.5 Å². The standard InChI is InChI=1S/C14H11N3O3S/c1-20-14(19)6-2-3-7-9(4-6)21-11-8(13(16)18)5-17-12(15)10(7)11/h2-5H,1H3,(H2,15,17)(H2,16,18). The summed E-state index contributed by atoms with van der Waals surface area (Å²) in [6.07, 6.45) is 1.37. The van der Waals surface area contributed by atoms with Crippen molar-refractivity contribution in [3.8, 4) is 0 Å². The maximum Gasteiger partial charge on any atom is 0.337 e. The zero-order valence-electron chi connectivity index (χ0n) is 11.0. The maximum absolute atomic E-state index is 11.6. The van der Waals surface area contributed by atoms with Crippen LogP contribution in [0.2, 0.25) is 0 Å². The summed E-state index contributed by atoms with van der Waals surface area (Å²) in [5.74, 6) is -0.658. The smallest absolute Gasteiger partial charge is 0.337 e. The molecule has 2 heterocycles. The Hall–Kier alpha value is -2.67. The lowest BCUT2D eigenvalue weighted by Crippen LogP contribution is -2.11. The Kier molecular flexibility index (Phi) is 2.99. The first-order valence-electron chi connectivity index (χ1n) is 6.01. The molecule has 0 radical (unpaired) electrons. The molecule has 0 aliphatic rings. The molecular weight excluding hydrogens is 290 g/mol. The molecule has 3 aromatic rings. The van der Waals surface area contributed by atoms with Crippen LogP contribution < -0.4 is 11.5 Å². The third-order valence-corrected chi connectivity index (χ3v) is 4.40. The number of carbonyl (C=O) groups is 2. The largest absolute Gasteiger partial charge is 0.465 e. The molecule has 0 bridgehead atoms. The molecule has 1 aromatic carbocycles. The van der Waals surface area contributed by atoms with Gasteiger partial charge in [-0.3, -0.25) is 4.79 Å². The summed E-state index contributed by atoms with van der Waals surface area (Å²) in [7, 11) is 1.32. The maximum atomic E-state index is 11.6. The van der Waals surface area contributed by atoms with Crippen LogP contribution in [0.3, 0.4) is 0 Å². The number of primary amides is 1. The highest BCUT2D eigenvalue weighted by Gasteiger charge is 2.17. The number of fused-ring (bicyclic) bond motifs is 3. The number of thiophene rings is 1. The van der Waals surface area contributed by atoms with Crippen molar-refractivity contribution in [3.63, 3.8) is 0 Å². The van der Waals surface area contributed by atoms with E-state index in [1.807, 2.05) is 0 Å². The number of pyridine rings is 1. The van der Waals surface area contributed by atoms with Gasteiger partial charge in [0.15, 0.2) is 0 Å². The molecule has 0 saturated heterocycles. The normalized spacial score (nSPS) is 10.9. The Morgan fingerprint density at radius 3 is 2.76 bits per heavy atom. The first-order chi connectivity index (χ1) is 10.0. The van der Waals surface area contributed by atoms with Crippen LogP contribution in [0.25, 0.3) is 20.2 Å². The zero-order chi connectivity index (χ0) is 15.1. The summed E-state index contributed by atoms with van der Waals surface area (Å²) < 4.78 is 6.19. The summed E-state index contributed by atoms with van der Waals surface area (Å²) in [4.78, 5) is 27.1. The summed E-state index contributed by atoms with van der Waals surface area (Å²) in [5, 5.41) is 1.51. The third-order valence-electron chi connectivity index (χ3n) is 3.21. The zero-order valence-corrected chi connectivity index (χ0v) is 11.9. The van der Waals surface area contributed by atoms with E-state index in [9.17, 15) is 9.59 Å². The first-order valence-corrected chi connectivity index (χ1v) is 6.83. The first kappa shape index (κ1) is 13.3. The number of ether oxygens (including phenoxy) is 1. The van der Waals surface area contributed by atoms with Gasteiger partial charge in [0.05, 0.1) is 22.9 Å². The van der Waals surface area contributed by atoms with Gasteiger partial charge in [-0.25, -0.2) is 9.78 Å². The lowest BCUT2D eigenvalue weighted by Gasteiger charge is -2.01. The van der Waals surface area contributed by atoms with Crippen LogP contribution in [0, 0.1) is 0 Å². The Bertz CT molecular complexity index is 901. The van der Waals surface area contributed by atoms with Gasteiger partial charge in [0, 0.05) is 21.7 Å². The van der Waals surface area contributed by atoms with Crippen molar-refractivity contribution in [1.29, 1.82) is 0 Å². The molecule has 6 nitrogen and oxygen atoms in total. The van der Waals surface area contributed by atoms with Gasteiger partial charge in [0.2, 0.25) is 0 Å². The Morgan fingerprint density at radius 2 is 2.10 bits per heavy atom. The van der Waals surface area contributed by atoms with Crippen molar-refractivity contribution in [2.75, 3.05) is 12.8 Å². The van der Waals surface area contributed by atoms with E-state index >= 15 is 0 Å². The monoisotopic (exact) mass is 301 g/mol. The minimum atomic E-state index is -0.563. The number of hydrogen-bond donors (Lipinski definition) is 2. The molecule has 2 aromatic heterocycles. The quantitative estimate of drug-likeness (QED) is 0.703. The number of amides is 1. The van der Waals surface area contributed by atoms with E-state index in [2.05, 4.69) is 4.98 Å². The molecule has 0 saturated carbocycles. The Labute approximate surface area is 123 Å². The number of methoxy groups -OCH3 is 1. The summed E-state index contributed by atoms with van der Waals surface area (Å²) >= 11 is 1.34.